The summed E-state index contributed by atoms with van der Waals surface area (Å²) in [6, 6.07) is 3.55. The first-order chi connectivity index (χ1) is 6.88. The molecule has 14 heavy (non-hydrogen) atoms. The predicted octanol–water partition coefficient (Wildman–Crippen LogP) is 1.49. The molecule has 0 aliphatic carbocycles. The molecule has 0 radical (unpaired) electrons. The van der Waals surface area contributed by atoms with Crippen LogP contribution in [0.2, 0.25) is 0 Å². The molecule has 0 aliphatic rings. The molecule has 0 atom stereocenters. The van der Waals surface area contributed by atoms with E-state index in [0.717, 1.165) is 0 Å². The second kappa shape index (κ2) is 3.89. The molecule has 2 aromatic heterocycles. The Morgan fingerprint density at radius 3 is 3.00 bits per heavy atom. The Balaban J connectivity index is 2.22. The molecule has 0 saturated carbocycles. The smallest absolute Gasteiger partial charge is 0.261 e. The van der Waals surface area contributed by atoms with Crippen LogP contribution in [-0.2, 0) is 0 Å². The number of nitrogens with zero attached hydrogens (tertiary/aromatic N) is 4. The largest absolute Gasteiger partial charge is 0.440 e. The first-order valence-corrected chi connectivity index (χ1v) is 4.50. The van der Waals surface area contributed by atoms with Gasteiger partial charge in [-0.05, 0) is 17.8 Å². The molecule has 0 aliphatic heterocycles. The van der Waals surface area contributed by atoms with E-state index in [2.05, 4.69) is 15.0 Å². The van der Waals surface area contributed by atoms with E-state index in [4.69, 9.17) is 9.68 Å². The van der Waals surface area contributed by atoms with Gasteiger partial charge >= 0.3 is 0 Å². The highest BCUT2D eigenvalue weighted by Crippen LogP contribution is 2.23. The molecule has 0 saturated heterocycles. The van der Waals surface area contributed by atoms with Crippen molar-refractivity contribution in [2.75, 3.05) is 0 Å². The van der Waals surface area contributed by atoms with Crippen molar-refractivity contribution in [1.82, 2.24) is 15.0 Å². The molecule has 2 rings (SSSR count). The second-order valence-electron chi connectivity index (χ2n) is 2.23. The minimum atomic E-state index is 0.140. The summed E-state index contributed by atoms with van der Waals surface area (Å²) in [5.74, 6) is 0.140. The lowest BCUT2D eigenvalue weighted by molar-refractivity contribution is 0.454. The Labute approximate surface area is 83.8 Å². The minimum Gasteiger partial charge on any atom is -0.440 e. The standard InChI is InChI=1S/C8H4N4OS/c9-5-6-10-2-1-7(12-6)14-8-11-3-4-13-8/h1-4H. The third-order valence-corrected chi connectivity index (χ3v) is 2.14. The van der Waals surface area contributed by atoms with E-state index < -0.39 is 0 Å². The van der Waals surface area contributed by atoms with Gasteiger partial charge in [0.15, 0.2) is 0 Å². The number of hydrogen-bond donors (Lipinski definition) is 0. The zero-order valence-electron chi connectivity index (χ0n) is 6.91. The zero-order chi connectivity index (χ0) is 9.80. The van der Waals surface area contributed by atoms with Gasteiger partial charge in [-0.2, -0.15) is 5.26 Å². The summed E-state index contributed by atoms with van der Waals surface area (Å²) in [6.07, 6.45) is 4.56. The molecular weight excluding hydrogens is 200 g/mol. The van der Waals surface area contributed by atoms with Crippen molar-refractivity contribution >= 4 is 11.8 Å². The SMILES string of the molecule is N#Cc1nccc(Sc2ncco2)n1. The molecular formula is C8H4N4OS. The van der Waals surface area contributed by atoms with Gasteiger partial charge < -0.3 is 4.42 Å². The van der Waals surface area contributed by atoms with Crippen molar-refractivity contribution in [3.05, 3.63) is 30.5 Å². The van der Waals surface area contributed by atoms with E-state index in [1.165, 1.54) is 24.2 Å². The number of oxazole rings is 1. The van der Waals surface area contributed by atoms with Crippen molar-refractivity contribution in [2.45, 2.75) is 10.2 Å². The first kappa shape index (κ1) is 8.72. The predicted molar refractivity (Wildman–Crippen MR) is 47.4 cm³/mol. The maximum Gasteiger partial charge on any atom is 0.261 e. The highest BCUT2D eigenvalue weighted by atomic mass is 32.2. The first-order valence-electron chi connectivity index (χ1n) is 3.69. The molecule has 2 aromatic rings. The Morgan fingerprint density at radius 2 is 2.29 bits per heavy atom. The number of aromatic nitrogens is 3. The van der Waals surface area contributed by atoms with Gasteiger partial charge in [0.2, 0.25) is 5.82 Å². The van der Waals surface area contributed by atoms with E-state index in [0.29, 0.717) is 10.2 Å². The van der Waals surface area contributed by atoms with Crippen molar-refractivity contribution in [3.63, 3.8) is 0 Å². The third kappa shape index (κ3) is 1.89. The van der Waals surface area contributed by atoms with Gasteiger partial charge in [-0.15, -0.1) is 0 Å². The van der Waals surface area contributed by atoms with E-state index in [9.17, 15) is 0 Å². The summed E-state index contributed by atoms with van der Waals surface area (Å²) in [6.45, 7) is 0. The fraction of sp³-hybridized carbons (Fsp3) is 0. The fourth-order valence-corrected chi connectivity index (χ4v) is 1.46. The average Bonchev–Trinajstić information content (AvgIpc) is 2.71. The molecule has 6 heteroatoms. The van der Waals surface area contributed by atoms with Gasteiger partial charge in [0, 0.05) is 6.20 Å². The Hall–Kier alpha value is -1.87. The lowest BCUT2D eigenvalue weighted by Crippen LogP contribution is -1.88. The van der Waals surface area contributed by atoms with Gasteiger partial charge in [0.1, 0.15) is 17.4 Å². The molecule has 5 nitrogen and oxygen atoms in total. The van der Waals surface area contributed by atoms with Gasteiger partial charge in [-0.25, -0.2) is 15.0 Å². The van der Waals surface area contributed by atoms with Crippen LogP contribution in [0.1, 0.15) is 5.82 Å². The highest BCUT2D eigenvalue weighted by molar-refractivity contribution is 7.99. The topological polar surface area (TPSA) is 75.6 Å². The monoisotopic (exact) mass is 204 g/mol. The molecule has 0 amide bonds. The maximum absolute atomic E-state index is 8.56. The third-order valence-electron chi connectivity index (χ3n) is 1.33. The van der Waals surface area contributed by atoms with E-state index >= 15 is 0 Å². The van der Waals surface area contributed by atoms with Crippen molar-refractivity contribution in [3.8, 4) is 6.07 Å². The molecule has 0 N–H and O–H groups in total. The van der Waals surface area contributed by atoms with Crippen molar-refractivity contribution < 1.29 is 4.42 Å². The molecule has 2 heterocycles. The maximum atomic E-state index is 8.56. The molecule has 0 unspecified atom stereocenters. The van der Waals surface area contributed by atoms with Crippen molar-refractivity contribution in [1.29, 1.82) is 5.26 Å². The van der Waals surface area contributed by atoms with Crippen LogP contribution < -0.4 is 0 Å². The summed E-state index contributed by atoms with van der Waals surface area (Å²) >= 11 is 1.24. The van der Waals surface area contributed by atoms with Crippen LogP contribution in [0.5, 0.6) is 0 Å². The number of rotatable bonds is 2. The van der Waals surface area contributed by atoms with Crippen LogP contribution in [0.4, 0.5) is 0 Å². The van der Waals surface area contributed by atoms with E-state index in [1.807, 2.05) is 6.07 Å². The van der Waals surface area contributed by atoms with Crippen LogP contribution in [0.25, 0.3) is 0 Å². The molecule has 0 bridgehead atoms. The van der Waals surface area contributed by atoms with Gasteiger partial charge in [-0.1, -0.05) is 0 Å². The van der Waals surface area contributed by atoms with Crippen LogP contribution in [0.3, 0.4) is 0 Å². The summed E-state index contributed by atoms with van der Waals surface area (Å²) in [7, 11) is 0. The highest BCUT2D eigenvalue weighted by Gasteiger charge is 2.03. The number of nitriles is 1. The van der Waals surface area contributed by atoms with Crippen molar-refractivity contribution in [2.24, 2.45) is 0 Å². The zero-order valence-corrected chi connectivity index (χ0v) is 7.73. The number of hydrogen-bond acceptors (Lipinski definition) is 6. The lowest BCUT2D eigenvalue weighted by atomic mass is 10.6. The molecule has 0 fully saturated rings. The van der Waals surface area contributed by atoms with E-state index in [1.54, 1.807) is 12.3 Å². The quantitative estimate of drug-likeness (QED) is 0.690. The lowest BCUT2D eigenvalue weighted by Gasteiger charge is -1.94. The van der Waals surface area contributed by atoms with Crippen LogP contribution in [0, 0.1) is 11.3 Å². The summed E-state index contributed by atoms with van der Waals surface area (Å²) in [5, 5.41) is 9.70. The minimum absolute atomic E-state index is 0.140. The molecule has 68 valence electrons. The Morgan fingerprint density at radius 1 is 1.36 bits per heavy atom. The summed E-state index contributed by atoms with van der Waals surface area (Å²) < 4.78 is 5.02. The van der Waals surface area contributed by atoms with Crippen LogP contribution >= 0.6 is 11.8 Å². The Bertz CT molecular complexity index is 462. The summed E-state index contributed by atoms with van der Waals surface area (Å²) in [5.41, 5.74) is 0. The molecule has 0 aromatic carbocycles. The Kier molecular flexibility index (Phi) is 2.42. The van der Waals surface area contributed by atoms with Gasteiger partial charge in [0.25, 0.3) is 5.22 Å². The van der Waals surface area contributed by atoms with Gasteiger partial charge in [-0.3, -0.25) is 0 Å². The van der Waals surface area contributed by atoms with Crippen LogP contribution in [0.15, 0.2) is 39.4 Å². The average molecular weight is 204 g/mol. The molecule has 0 spiro atoms. The fourth-order valence-electron chi connectivity index (χ4n) is 0.803. The normalized spacial score (nSPS) is 9.64. The van der Waals surface area contributed by atoms with Gasteiger partial charge in [0.05, 0.1) is 6.20 Å². The summed E-state index contributed by atoms with van der Waals surface area (Å²) in [4.78, 5) is 11.6. The van der Waals surface area contributed by atoms with Crippen LogP contribution in [-0.4, -0.2) is 15.0 Å². The second-order valence-corrected chi connectivity index (χ2v) is 3.20. The van der Waals surface area contributed by atoms with E-state index in [-0.39, 0.29) is 5.82 Å².